The molecule has 1 atom stereocenters. The number of hydrogen-bond acceptors (Lipinski definition) is 5. The van der Waals surface area contributed by atoms with Gasteiger partial charge in [-0.3, -0.25) is 9.20 Å². The predicted molar refractivity (Wildman–Crippen MR) is 101 cm³/mol. The van der Waals surface area contributed by atoms with E-state index in [0.29, 0.717) is 16.4 Å². The summed E-state index contributed by atoms with van der Waals surface area (Å²) >= 11 is 7.38. The summed E-state index contributed by atoms with van der Waals surface area (Å²) in [6.45, 7) is 1.91. The summed E-state index contributed by atoms with van der Waals surface area (Å²) in [7, 11) is 1.75. The molecular weight excluding hydrogens is 372 g/mol. The fourth-order valence-electron chi connectivity index (χ4n) is 2.69. The first kappa shape index (κ1) is 16.8. The largest absolute Gasteiger partial charge is 0.364 e. The van der Waals surface area contributed by atoms with Gasteiger partial charge in [-0.1, -0.05) is 28.9 Å². The smallest absolute Gasteiger partial charge is 0.272 e. The van der Waals surface area contributed by atoms with Crippen molar-refractivity contribution in [2.24, 2.45) is 0 Å². The normalized spacial score (nSPS) is 12.4. The summed E-state index contributed by atoms with van der Waals surface area (Å²) < 4.78 is 6.70. The molecule has 0 aliphatic heterocycles. The Kier molecular flexibility index (Phi) is 4.26. The van der Waals surface area contributed by atoms with Crippen LogP contribution in [0.15, 0.2) is 52.7 Å². The van der Waals surface area contributed by atoms with Crippen LogP contribution in [0.2, 0.25) is 5.02 Å². The van der Waals surface area contributed by atoms with Crippen molar-refractivity contribution >= 4 is 33.8 Å². The first-order valence-electron chi connectivity index (χ1n) is 7.94. The number of nitrogens with zero attached hydrogens (tertiary/aromatic N) is 4. The summed E-state index contributed by atoms with van der Waals surface area (Å²) in [6, 6.07) is 9.03. The Bertz CT molecular complexity index is 1050. The summed E-state index contributed by atoms with van der Waals surface area (Å²) in [4.78, 5) is 20.0. The molecule has 0 aliphatic carbocycles. The van der Waals surface area contributed by atoms with Gasteiger partial charge in [0.25, 0.3) is 5.91 Å². The molecule has 0 N–H and O–H groups in total. The average molecular weight is 387 g/mol. The summed E-state index contributed by atoms with van der Waals surface area (Å²) in [6.07, 6.45) is 3.37. The highest BCUT2D eigenvalue weighted by molar-refractivity contribution is 7.15. The van der Waals surface area contributed by atoms with Gasteiger partial charge in [-0.25, -0.2) is 4.98 Å². The fraction of sp³-hybridized carbons (Fsp3) is 0.167. The van der Waals surface area contributed by atoms with Crippen molar-refractivity contribution in [1.82, 2.24) is 19.4 Å². The maximum atomic E-state index is 13.0. The van der Waals surface area contributed by atoms with E-state index in [1.54, 1.807) is 18.0 Å². The van der Waals surface area contributed by atoms with E-state index in [1.165, 1.54) is 17.6 Å². The summed E-state index contributed by atoms with van der Waals surface area (Å²) in [5.74, 6) is -0.105. The van der Waals surface area contributed by atoms with Gasteiger partial charge in [-0.05, 0) is 19.1 Å². The van der Waals surface area contributed by atoms with Crippen LogP contribution < -0.4 is 0 Å². The SMILES string of the molecule is C[C@@H](c1ccon1)N(C)C(=O)c1csc2nc(-c3ccc(Cl)cc3)cn12. The number of thiazole rings is 1. The van der Waals surface area contributed by atoms with Crippen molar-refractivity contribution in [3.63, 3.8) is 0 Å². The Balaban J connectivity index is 1.66. The Morgan fingerprint density at radius 3 is 2.77 bits per heavy atom. The number of rotatable bonds is 4. The van der Waals surface area contributed by atoms with Gasteiger partial charge in [0.05, 0.1) is 11.7 Å². The van der Waals surface area contributed by atoms with Crippen molar-refractivity contribution in [2.45, 2.75) is 13.0 Å². The minimum absolute atomic E-state index is 0.105. The van der Waals surface area contributed by atoms with E-state index >= 15 is 0 Å². The number of imidazole rings is 1. The standard InChI is InChI=1S/C18H15ClN4O2S/c1-11(14-7-8-25-21-14)22(2)17(24)16-10-26-18-20-15(9-23(16)18)12-3-5-13(19)6-4-12/h3-11H,1-2H3/t11-/m0/s1. The molecule has 8 heteroatoms. The monoisotopic (exact) mass is 386 g/mol. The first-order chi connectivity index (χ1) is 12.5. The third kappa shape index (κ3) is 2.89. The molecule has 0 aliphatic rings. The molecule has 0 spiro atoms. The zero-order chi connectivity index (χ0) is 18.3. The van der Waals surface area contributed by atoms with Gasteiger partial charge in [0.2, 0.25) is 0 Å². The second-order valence-corrected chi connectivity index (χ2v) is 7.20. The molecular formula is C18H15ClN4O2S. The molecule has 1 amide bonds. The molecule has 26 heavy (non-hydrogen) atoms. The zero-order valence-electron chi connectivity index (χ0n) is 14.1. The number of fused-ring (bicyclic) bond motifs is 1. The van der Waals surface area contributed by atoms with Crippen molar-refractivity contribution in [1.29, 1.82) is 0 Å². The van der Waals surface area contributed by atoms with Crippen LogP contribution in [0.5, 0.6) is 0 Å². The maximum absolute atomic E-state index is 13.0. The van der Waals surface area contributed by atoms with E-state index in [1.807, 2.05) is 47.2 Å². The third-order valence-electron chi connectivity index (χ3n) is 4.36. The average Bonchev–Trinajstić information content (AvgIpc) is 3.37. The van der Waals surface area contributed by atoms with Gasteiger partial charge in [-0.15, -0.1) is 11.3 Å². The van der Waals surface area contributed by atoms with Crippen molar-refractivity contribution in [2.75, 3.05) is 7.05 Å². The lowest BCUT2D eigenvalue weighted by Crippen LogP contribution is -2.30. The molecule has 4 aromatic rings. The molecule has 6 nitrogen and oxygen atoms in total. The molecule has 3 heterocycles. The van der Waals surface area contributed by atoms with Crippen LogP contribution in [0.25, 0.3) is 16.2 Å². The Labute approximate surface area is 158 Å². The maximum Gasteiger partial charge on any atom is 0.272 e. The molecule has 132 valence electrons. The van der Waals surface area contributed by atoms with Gasteiger partial charge in [0.1, 0.15) is 17.7 Å². The van der Waals surface area contributed by atoms with Gasteiger partial charge >= 0.3 is 0 Å². The topological polar surface area (TPSA) is 63.6 Å². The van der Waals surface area contributed by atoms with Crippen LogP contribution >= 0.6 is 22.9 Å². The lowest BCUT2D eigenvalue weighted by atomic mass is 10.2. The molecule has 0 bridgehead atoms. The van der Waals surface area contributed by atoms with Crippen LogP contribution in [0.3, 0.4) is 0 Å². The second kappa shape index (κ2) is 6.59. The summed E-state index contributed by atoms with van der Waals surface area (Å²) in [5.41, 5.74) is 3.03. The number of halogens is 1. The number of benzene rings is 1. The van der Waals surface area contributed by atoms with E-state index in [-0.39, 0.29) is 11.9 Å². The van der Waals surface area contributed by atoms with Crippen LogP contribution in [0.1, 0.15) is 29.1 Å². The number of carbonyl (C=O) groups excluding carboxylic acids is 1. The predicted octanol–water partition coefficient (Wildman–Crippen LogP) is 4.54. The number of amides is 1. The van der Waals surface area contributed by atoms with Crippen LogP contribution in [-0.4, -0.2) is 32.4 Å². The van der Waals surface area contributed by atoms with Crippen LogP contribution in [0.4, 0.5) is 0 Å². The first-order valence-corrected chi connectivity index (χ1v) is 9.20. The van der Waals surface area contributed by atoms with E-state index in [9.17, 15) is 4.79 Å². The zero-order valence-corrected chi connectivity index (χ0v) is 15.7. The molecule has 0 saturated heterocycles. The molecule has 0 saturated carbocycles. The van der Waals surface area contributed by atoms with Gasteiger partial charge in [0.15, 0.2) is 4.96 Å². The van der Waals surface area contributed by atoms with Crippen molar-refractivity contribution in [3.05, 3.63) is 64.6 Å². The Hall–Kier alpha value is -2.64. The van der Waals surface area contributed by atoms with Crippen molar-refractivity contribution in [3.8, 4) is 11.3 Å². The second-order valence-electron chi connectivity index (χ2n) is 5.92. The number of hydrogen-bond donors (Lipinski definition) is 0. The highest BCUT2D eigenvalue weighted by atomic mass is 35.5. The van der Waals surface area contributed by atoms with Gasteiger partial charge in [-0.2, -0.15) is 0 Å². The molecule has 1 aromatic carbocycles. The molecule has 0 fully saturated rings. The van der Waals surface area contributed by atoms with Gasteiger partial charge < -0.3 is 9.42 Å². The van der Waals surface area contributed by atoms with E-state index in [0.717, 1.165) is 16.2 Å². The van der Waals surface area contributed by atoms with Crippen LogP contribution in [-0.2, 0) is 0 Å². The lowest BCUT2D eigenvalue weighted by molar-refractivity contribution is 0.0731. The van der Waals surface area contributed by atoms with Gasteiger partial charge in [0, 0.05) is 35.3 Å². The van der Waals surface area contributed by atoms with E-state index in [2.05, 4.69) is 10.1 Å². The minimum atomic E-state index is -0.199. The molecule has 0 radical (unpaired) electrons. The Morgan fingerprint density at radius 2 is 2.08 bits per heavy atom. The fourth-order valence-corrected chi connectivity index (χ4v) is 3.66. The van der Waals surface area contributed by atoms with Crippen LogP contribution in [0, 0.1) is 0 Å². The number of aromatic nitrogens is 3. The van der Waals surface area contributed by atoms with E-state index in [4.69, 9.17) is 16.1 Å². The quantitative estimate of drug-likeness (QED) is 0.516. The Morgan fingerprint density at radius 1 is 1.31 bits per heavy atom. The third-order valence-corrected chi connectivity index (χ3v) is 5.45. The molecule has 0 unspecified atom stereocenters. The van der Waals surface area contributed by atoms with E-state index < -0.39 is 0 Å². The highest BCUT2D eigenvalue weighted by Gasteiger charge is 2.24. The lowest BCUT2D eigenvalue weighted by Gasteiger charge is -2.22. The summed E-state index contributed by atoms with van der Waals surface area (Å²) in [5, 5.41) is 6.41. The highest BCUT2D eigenvalue weighted by Crippen LogP contribution is 2.26. The van der Waals surface area contributed by atoms with Crippen molar-refractivity contribution < 1.29 is 9.32 Å². The number of carbonyl (C=O) groups is 1. The minimum Gasteiger partial charge on any atom is -0.364 e. The molecule has 3 aromatic heterocycles. The molecule has 4 rings (SSSR count).